The van der Waals surface area contributed by atoms with Crippen LogP contribution in [0.15, 0.2) is 48.5 Å². The largest absolute Gasteiger partial charge is 0.488 e. The third-order valence-corrected chi connectivity index (χ3v) is 2.78. The first-order valence-electron chi connectivity index (χ1n) is 7.09. The smallest absolute Gasteiger partial charge is 0.341 e. The molecule has 2 aromatic carbocycles. The van der Waals surface area contributed by atoms with Crippen molar-refractivity contribution in [3.63, 3.8) is 0 Å². The summed E-state index contributed by atoms with van der Waals surface area (Å²) in [4.78, 5) is 22.5. The van der Waals surface area contributed by atoms with Gasteiger partial charge >= 0.3 is 5.97 Å². The summed E-state index contributed by atoms with van der Waals surface area (Å²) in [6.07, 6.45) is 0.674. The highest BCUT2D eigenvalue weighted by molar-refractivity contribution is 5.94. The first-order valence-corrected chi connectivity index (χ1v) is 7.09. The van der Waals surface area contributed by atoms with Crippen LogP contribution in [0.1, 0.15) is 40.1 Å². The molecule has 0 bridgehead atoms. The van der Waals surface area contributed by atoms with Crippen LogP contribution in [0.25, 0.3) is 0 Å². The molecular formula is C18H20O4. The third-order valence-electron chi connectivity index (χ3n) is 2.78. The van der Waals surface area contributed by atoms with E-state index in [2.05, 4.69) is 0 Å². The molecule has 0 aliphatic rings. The van der Waals surface area contributed by atoms with Crippen molar-refractivity contribution in [2.24, 2.45) is 0 Å². The highest BCUT2D eigenvalue weighted by atomic mass is 16.5. The predicted octanol–water partition coefficient (Wildman–Crippen LogP) is 3.89. The van der Waals surface area contributed by atoms with Crippen LogP contribution in [-0.4, -0.2) is 19.4 Å². The lowest BCUT2D eigenvalue weighted by atomic mass is 10.1. The van der Waals surface area contributed by atoms with E-state index >= 15 is 0 Å². The number of methoxy groups -OCH3 is 1. The van der Waals surface area contributed by atoms with E-state index in [1.807, 2.05) is 44.2 Å². The van der Waals surface area contributed by atoms with Crippen molar-refractivity contribution in [2.75, 3.05) is 7.11 Å². The van der Waals surface area contributed by atoms with Crippen LogP contribution >= 0.6 is 0 Å². The first kappa shape index (κ1) is 17.4. The molecule has 0 saturated heterocycles. The zero-order valence-electron chi connectivity index (χ0n) is 13.0. The zero-order valence-corrected chi connectivity index (χ0v) is 13.0. The van der Waals surface area contributed by atoms with E-state index in [1.165, 1.54) is 13.2 Å². The second kappa shape index (κ2) is 9.34. The molecule has 0 aromatic heterocycles. The third kappa shape index (κ3) is 4.74. The van der Waals surface area contributed by atoms with Crippen LogP contribution in [0.3, 0.4) is 0 Å². The number of hydrogen-bond donors (Lipinski definition) is 0. The Hall–Kier alpha value is -2.62. The molecule has 0 aliphatic heterocycles. The average Bonchev–Trinajstić information content (AvgIpc) is 2.61. The molecule has 0 heterocycles. The molecule has 0 radical (unpaired) electrons. The molecule has 2 aromatic rings. The van der Waals surface area contributed by atoms with E-state index in [9.17, 15) is 9.59 Å². The topological polar surface area (TPSA) is 52.6 Å². The maximum atomic E-state index is 11.7. The zero-order chi connectivity index (χ0) is 16.4. The number of ether oxygens (including phenoxy) is 2. The number of aldehydes is 1. The van der Waals surface area contributed by atoms with E-state index in [0.717, 1.165) is 5.56 Å². The van der Waals surface area contributed by atoms with E-state index in [0.29, 0.717) is 24.2 Å². The van der Waals surface area contributed by atoms with Crippen LogP contribution in [-0.2, 0) is 11.3 Å². The van der Waals surface area contributed by atoms with Gasteiger partial charge in [-0.3, -0.25) is 4.79 Å². The van der Waals surface area contributed by atoms with Crippen molar-refractivity contribution >= 4 is 12.3 Å². The Morgan fingerprint density at radius 3 is 2.36 bits per heavy atom. The molecule has 0 N–H and O–H groups in total. The minimum absolute atomic E-state index is 0.244. The Bertz CT molecular complexity index is 606. The molecule has 0 saturated carbocycles. The number of esters is 1. The van der Waals surface area contributed by atoms with Gasteiger partial charge in [0.2, 0.25) is 0 Å². The molecule has 4 nitrogen and oxygen atoms in total. The van der Waals surface area contributed by atoms with Crippen LogP contribution < -0.4 is 4.74 Å². The molecule has 116 valence electrons. The van der Waals surface area contributed by atoms with E-state index < -0.39 is 5.97 Å². The molecule has 0 aliphatic carbocycles. The number of carbonyl (C=O) groups excluding carboxylic acids is 2. The number of hydrogen-bond acceptors (Lipinski definition) is 4. The predicted molar refractivity (Wildman–Crippen MR) is 85.3 cm³/mol. The second-order valence-corrected chi connectivity index (χ2v) is 4.14. The van der Waals surface area contributed by atoms with Gasteiger partial charge in [-0.2, -0.15) is 0 Å². The summed E-state index contributed by atoms with van der Waals surface area (Å²) in [5, 5.41) is 0. The van der Waals surface area contributed by atoms with Gasteiger partial charge in [0.05, 0.1) is 7.11 Å². The van der Waals surface area contributed by atoms with E-state index in [1.54, 1.807) is 12.1 Å². The Morgan fingerprint density at radius 1 is 1.09 bits per heavy atom. The lowest BCUT2D eigenvalue weighted by molar-refractivity contribution is 0.0595. The van der Waals surface area contributed by atoms with Crippen LogP contribution in [0.5, 0.6) is 5.75 Å². The summed E-state index contributed by atoms with van der Waals surface area (Å²) in [6.45, 7) is 4.34. The van der Waals surface area contributed by atoms with Crippen LogP contribution in [0.2, 0.25) is 0 Å². The Morgan fingerprint density at radius 2 is 1.77 bits per heavy atom. The minimum atomic E-state index is -0.531. The van der Waals surface area contributed by atoms with Gasteiger partial charge in [-0.25, -0.2) is 4.79 Å². The summed E-state index contributed by atoms with van der Waals surface area (Å²) in [6, 6.07) is 14.3. The molecule has 22 heavy (non-hydrogen) atoms. The highest BCUT2D eigenvalue weighted by Crippen LogP contribution is 2.22. The maximum absolute atomic E-state index is 11.7. The van der Waals surface area contributed by atoms with Gasteiger partial charge in [0.1, 0.15) is 24.2 Å². The second-order valence-electron chi connectivity index (χ2n) is 4.14. The van der Waals surface area contributed by atoms with Crippen LogP contribution in [0.4, 0.5) is 0 Å². The van der Waals surface area contributed by atoms with E-state index in [4.69, 9.17) is 9.47 Å². The van der Waals surface area contributed by atoms with Gasteiger partial charge in [-0.1, -0.05) is 44.2 Å². The van der Waals surface area contributed by atoms with Crippen molar-refractivity contribution in [3.05, 3.63) is 65.2 Å². The summed E-state index contributed by atoms with van der Waals surface area (Å²) in [5.74, 6) is -0.136. The average molecular weight is 300 g/mol. The van der Waals surface area contributed by atoms with Gasteiger partial charge in [0.25, 0.3) is 0 Å². The van der Waals surface area contributed by atoms with Crippen molar-refractivity contribution in [1.29, 1.82) is 0 Å². The van der Waals surface area contributed by atoms with Crippen molar-refractivity contribution in [2.45, 2.75) is 20.5 Å². The van der Waals surface area contributed by atoms with Gasteiger partial charge < -0.3 is 9.47 Å². The molecule has 2 rings (SSSR count). The standard InChI is InChI=1S/C16H14O4.C2H6/c1-19-16(18)14-9-13(10-17)7-8-15(14)20-11-12-5-3-2-4-6-12;1-2/h2-10H,11H2,1H3;1-2H3. The van der Waals surface area contributed by atoms with Gasteiger partial charge in [0, 0.05) is 5.56 Å². The first-order chi connectivity index (χ1) is 10.7. The Kier molecular flexibility index (Phi) is 7.40. The van der Waals surface area contributed by atoms with Crippen molar-refractivity contribution in [1.82, 2.24) is 0 Å². The monoisotopic (exact) mass is 300 g/mol. The maximum Gasteiger partial charge on any atom is 0.341 e. The number of carbonyl (C=O) groups is 2. The van der Waals surface area contributed by atoms with Crippen LogP contribution in [0, 0.1) is 0 Å². The molecule has 0 spiro atoms. The molecule has 0 atom stereocenters. The fraction of sp³-hybridized carbons (Fsp3) is 0.222. The SMILES string of the molecule is CC.COC(=O)c1cc(C=O)ccc1OCc1ccccc1. The highest BCUT2D eigenvalue weighted by Gasteiger charge is 2.14. The lowest BCUT2D eigenvalue weighted by Gasteiger charge is -2.10. The molecule has 0 amide bonds. The van der Waals surface area contributed by atoms with Gasteiger partial charge in [0.15, 0.2) is 0 Å². The minimum Gasteiger partial charge on any atom is -0.488 e. The van der Waals surface area contributed by atoms with Crippen molar-refractivity contribution in [3.8, 4) is 5.75 Å². The van der Waals surface area contributed by atoms with Gasteiger partial charge in [-0.15, -0.1) is 0 Å². The summed E-state index contributed by atoms with van der Waals surface area (Å²) in [5.41, 5.74) is 1.63. The molecule has 0 fully saturated rings. The number of rotatable bonds is 5. The Balaban J connectivity index is 0.00000116. The molecule has 4 heteroatoms. The lowest BCUT2D eigenvalue weighted by Crippen LogP contribution is -2.06. The van der Waals surface area contributed by atoms with Gasteiger partial charge in [-0.05, 0) is 23.8 Å². The normalized spacial score (nSPS) is 9.23. The summed E-state index contributed by atoms with van der Waals surface area (Å²) in [7, 11) is 1.29. The summed E-state index contributed by atoms with van der Waals surface area (Å²) >= 11 is 0. The number of benzene rings is 2. The fourth-order valence-electron chi connectivity index (χ4n) is 1.75. The quantitative estimate of drug-likeness (QED) is 0.621. The van der Waals surface area contributed by atoms with E-state index in [-0.39, 0.29) is 5.56 Å². The fourth-order valence-corrected chi connectivity index (χ4v) is 1.75. The molecular weight excluding hydrogens is 280 g/mol. The Labute approximate surface area is 130 Å². The molecule has 0 unspecified atom stereocenters. The van der Waals surface area contributed by atoms with Crippen molar-refractivity contribution < 1.29 is 19.1 Å². The summed E-state index contributed by atoms with van der Waals surface area (Å²) < 4.78 is 10.3.